The van der Waals surface area contributed by atoms with Crippen LogP contribution in [0, 0.1) is 12.8 Å². The lowest BCUT2D eigenvalue weighted by Gasteiger charge is -2.24. The van der Waals surface area contributed by atoms with Crippen LogP contribution in [0.1, 0.15) is 24.0 Å². The molecular weight excluding hydrogens is 198 g/mol. The van der Waals surface area contributed by atoms with Crippen LogP contribution in [-0.4, -0.2) is 27.3 Å². The number of nitrogens with one attached hydrogen (secondary N) is 1. The molecule has 0 aliphatic rings. The fraction of sp³-hybridized carbons (Fsp3) is 0.571. The van der Waals surface area contributed by atoms with Crippen LogP contribution in [0.4, 0.5) is 0 Å². The van der Waals surface area contributed by atoms with Crippen LogP contribution in [0.3, 0.4) is 0 Å². The summed E-state index contributed by atoms with van der Waals surface area (Å²) in [5.41, 5.74) is 2.72. The normalized spacial score (nSPS) is 14.8. The maximum Gasteiger partial charge on any atom is 0.0494 e. The van der Waals surface area contributed by atoms with Crippen LogP contribution in [-0.2, 0) is 4.74 Å². The lowest BCUT2D eigenvalue weighted by Crippen LogP contribution is -2.25. The summed E-state index contributed by atoms with van der Waals surface area (Å²) in [6, 6.07) is 8.75. The SMILES string of the molecule is CNCC(c1cccc(C)c1)C(C)COC. The zero-order valence-corrected chi connectivity index (χ0v) is 10.8. The largest absolute Gasteiger partial charge is 0.384 e. The van der Waals surface area contributed by atoms with Crippen molar-refractivity contribution in [3.8, 4) is 0 Å². The van der Waals surface area contributed by atoms with Gasteiger partial charge >= 0.3 is 0 Å². The predicted octanol–water partition coefficient (Wildman–Crippen LogP) is 2.58. The number of rotatable bonds is 6. The van der Waals surface area contributed by atoms with Gasteiger partial charge in [0.2, 0.25) is 0 Å². The standard InChI is InChI=1S/C14H23NO/c1-11-6-5-7-13(8-11)14(9-15-3)12(2)10-16-4/h5-8,12,14-15H,9-10H2,1-4H3. The van der Waals surface area contributed by atoms with Crippen molar-refractivity contribution in [1.29, 1.82) is 0 Å². The zero-order valence-electron chi connectivity index (χ0n) is 10.8. The molecule has 1 N–H and O–H groups in total. The van der Waals surface area contributed by atoms with Crippen LogP contribution in [0.25, 0.3) is 0 Å². The first kappa shape index (κ1) is 13.2. The molecule has 0 amide bonds. The summed E-state index contributed by atoms with van der Waals surface area (Å²) in [6.45, 7) is 6.18. The van der Waals surface area contributed by atoms with E-state index in [0.29, 0.717) is 11.8 Å². The molecular formula is C14H23NO. The average molecular weight is 221 g/mol. The predicted molar refractivity (Wildman–Crippen MR) is 68.9 cm³/mol. The summed E-state index contributed by atoms with van der Waals surface area (Å²) in [7, 11) is 3.77. The third-order valence-electron chi connectivity index (χ3n) is 3.01. The molecule has 16 heavy (non-hydrogen) atoms. The minimum Gasteiger partial charge on any atom is -0.384 e. The van der Waals surface area contributed by atoms with E-state index in [4.69, 9.17) is 4.74 Å². The Hall–Kier alpha value is -0.860. The molecule has 2 unspecified atom stereocenters. The Morgan fingerprint density at radius 3 is 2.69 bits per heavy atom. The molecule has 0 aliphatic heterocycles. The van der Waals surface area contributed by atoms with Crippen molar-refractivity contribution in [1.82, 2.24) is 5.32 Å². The first-order valence-corrected chi connectivity index (χ1v) is 5.89. The number of likely N-dealkylation sites (N-methyl/N-ethyl adjacent to an activating group) is 1. The second kappa shape index (κ2) is 6.66. The highest BCUT2D eigenvalue weighted by atomic mass is 16.5. The van der Waals surface area contributed by atoms with Gasteiger partial charge in [-0.2, -0.15) is 0 Å². The van der Waals surface area contributed by atoms with E-state index in [1.54, 1.807) is 7.11 Å². The highest BCUT2D eigenvalue weighted by Crippen LogP contribution is 2.24. The summed E-state index contributed by atoms with van der Waals surface area (Å²) >= 11 is 0. The van der Waals surface area contributed by atoms with E-state index < -0.39 is 0 Å². The third-order valence-corrected chi connectivity index (χ3v) is 3.01. The molecule has 0 aromatic heterocycles. The average Bonchev–Trinajstić information content (AvgIpc) is 2.26. The molecule has 90 valence electrons. The Morgan fingerprint density at radius 2 is 2.12 bits per heavy atom. The number of aryl methyl sites for hydroxylation is 1. The van der Waals surface area contributed by atoms with Gasteiger partial charge < -0.3 is 10.1 Å². The van der Waals surface area contributed by atoms with Crippen LogP contribution in [0.5, 0.6) is 0 Å². The monoisotopic (exact) mass is 221 g/mol. The minimum absolute atomic E-state index is 0.518. The van der Waals surface area contributed by atoms with E-state index >= 15 is 0 Å². The van der Waals surface area contributed by atoms with Gasteiger partial charge in [0.15, 0.2) is 0 Å². The van der Waals surface area contributed by atoms with Gasteiger partial charge in [-0.25, -0.2) is 0 Å². The zero-order chi connectivity index (χ0) is 12.0. The summed E-state index contributed by atoms with van der Waals surface area (Å²) in [5.74, 6) is 1.05. The van der Waals surface area contributed by atoms with Crippen molar-refractivity contribution < 1.29 is 4.74 Å². The van der Waals surface area contributed by atoms with Crippen molar-refractivity contribution in [2.24, 2.45) is 5.92 Å². The molecule has 0 saturated heterocycles. The fourth-order valence-electron chi connectivity index (χ4n) is 2.15. The molecule has 0 radical (unpaired) electrons. The van der Waals surface area contributed by atoms with Gasteiger partial charge in [-0.05, 0) is 25.5 Å². The highest BCUT2D eigenvalue weighted by molar-refractivity contribution is 5.26. The Kier molecular flexibility index (Phi) is 5.50. The molecule has 0 heterocycles. The van der Waals surface area contributed by atoms with E-state index in [9.17, 15) is 0 Å². The minimum atomic E-state index is 0.518. The van der Waals surface area contributed by atoms with E-state index in [1.165, 1.54) is 11.1 Å². The summed E-state index contributed by atoms with van der Waals surface area (Å²) < 4.78 is 5.25. The van der Waals surface area contributed by atoms with Gasteiger partial charge in [0.05, 0.1) is 0 Å². The van der Waals surface area contributed by atoms with Gasteiger partial charge in [0.25, 0.3) is 0 Å². The van der Waals surface area contributed by atoms with Crippen molar-refractivity contribution >= 4 is 0 Å². The number of hydrogen-bond donors (Lipinski definition) is 1. The van der Waals surface area contributed by atoms with Gasteiger partial charge in [0.1, 0.15) is 0 Å². The van der Waals surface area contributed by atoms with Crippen LogP contribution < -0.4 is 5.32 Å². The molecule has 2 heteroatoms. The van der Waals surface area contributed by atoms with E-state index in [2.05, 4.69) is 43.4 Å². The summed E-state index contributed by atoms with van der Waals surface area (Å²) in [4.78, 5) is 0. The molecule has 1 aromatic rings. The van der Waals surface area contributed by atoms with Crippen molar-refractivity contribution in [3.05, 3.63) is 35.4 Å². The number of benzene rings is 1. The molecule has 0 aliphatic carbocycles. The first-order valence-electron chi connectivity index (χ1n) is 5.89. The summed E-state index contributed by atoms with van der Waals surface area (Å²) in [6.07, 6.45) is 0. The molecule has 2 nitrogen and oxygen atoms in total. The van der Waals surface area contributed by atoms with Gasteiger partial charge in [-0.1, -0.05) is 36.8 Å². The topological polar surface area (TPSA) is 21.3 Å². The fourth-order valence-corrected chi connectivity index (χ4v) is 2.15. The maximum atomic E-state index is 5.25. The number of methoxy groups -OCH3 is 1. The first-order chi connectivity index (χ1) is 7.69. The van der Waals surface area contributed by atoms with E-state index in [-0.39, 0.29) is 0 Å². The Balaban J connectivity index is 2.83. The third kappa shape index (κ3) is 3.62. The summed E-state index contributed by atoms with van der Waals surface area (Å²) in [5, 5.41) is 3.27. The van der Waals surface area contributed by atoms with Gasteiger partial charge in [-0.3, -0.25) is 0 Å². The quantitative estimate of drug-likeness (QED) is 0.797. The second-order valence-corrected chi connectivity index (χ2v) is 4.51. The number of ether oxygens (including phenoxy) is 1. The molecule has 1 rings (SSSR count). The lowest BCUT2D eigenvalue weighted by molar-refractivity contribution is 0.146. The molecule has 2 atom stereocenters. The molecule has 0 spiro atoms. The highest BCUT2D eigenvalue weighted by Gasteiger charge is 2.18. The van der Waals surface area contributed by atoms with Gasteiger partial charge in [0, 0.05) is 26.2 Å². The van der Waals surface area contributed by atoms with Crippen LogP contribution in [0.2, 0.25) is 0 Å². The maximum absolute atomic E-state index is 5.25. The molecule has 0 bridgehead atoms. The van der Waals surface area contributed by atoms with E-state index in [1.807, 2.05) is 7.05 Å². The van der Waals surface area contributed by atoms with Crippen molar-refractivity contribution in [2.45, 2.75) is 19.8 Å². The van der Waals surface area contributed by atoms with Crippen molar-refractivity contribution in [2.75, 3.05) is 27.3 Å². The second-order valence-electron chi connectivity index (χ2n) is 4.51. The van der Waals surface area contributed by atoms with E-state index in [0.717, 1.165) is 13.2 Å². The van der Waals surface area contributed by atoms with Gasteiger partial charge in [-0.15, -0.1) is 0 Å². The van der Waals surface area contributed by atoms with Crippen molar-refractivity contribution in [3.63, 3.8) is 0 Å². The number of hydrogen-bond acceptors (Lipinski definition) is 2. The molecule has 1 aromatic carbocycles. The Labute approximate surface area is 99.0 Å². The van der Waals surface area contributed by atoms with Crippen LogP contribution >= 0.6 is 0 Å². The molecule has 0 saturated carbocycles. The van der Waals surface area contributed by atoms with Crippen LogP contribution in [0.15, 0.2) is 24.3 Å². The smallest absolute Gasteiger partial charge is 0.0494 e. The lowest BCUT2D eigenvalue weighted by atomic mass is 9.87. The Morgan fingerprint density at radius 1 is 1.38 bits per heavy atom. The molecule has 0 fully saturated rings. The Bertz CT molecular complexity index is 311.